The molecule has 4 rings (SSSR count). The normalized spacial score (nSPS) is 17.3. The van der Waals surface area contributed by atoms with Gasteiger partial charge in [0.15, 0.2) is 5.69 Å². The molecular formula is C19H24N4OS. The highest BCUT2D eigenvalue weighted by atomic mass is 32.2. The molecule has 0 N–H and O–H groups in total. The first kappa shape index (κ1) is 16.7. The van der Waals surface area contributed by atoms with Gasteiger partial charge in [-0.3, -0.25) is 9.48 Å². The van der Waals surface area contributed by atoms with Crippen LogP contribution in [-0.4, -0.2) is 58.2 Å². The zero-order valence-electron chi connectivity index (χ0n) is 15.1. The summed E-state index contributed by atoms with van der Waals surface area (Å²) >= 11 is 1.80. The predicted molar refractivity (Wildman–Crippen MR) is 101 cm³/mol. The summed E-state index contributed by atoms with van der Waals surface area (Å²) in [5, 5.41) is 4.63. The second-order valence-electron chi connectivity index (χ2n) is 6.81. The Morgan fingerprint density at radius 1 is 1.24 bits per heavy atom. The van der Waals surface area contributed by atoms with Crippen LogP contribution in [0, 0.1) is 6.92 Å². The van der Waals surface area contributed by atoms with E-state index in [4.69, 9.17) is 0 Å². The molecule has 0 unspecified atom stereocenters. The van der Waals surface area contributed by atoms with E-state index >= 15 is 0 Å². The fourth-order valence-electron chi connectivity index (χ4n) is 3.73. The van der Waals surface area contributed by atoms with Gasteiger partial charge in [0.05, 0.1) is 5.69 Å². The van der Waals surface area contributed by atoms with Gasteiger partial charge in [-0.2, -0.15) is 5.10 Å². The predicted octanol–water partition coefficient (Wildman–Crippen LogP) is 2.78. The maximum atomic E-state index is 13.1. The van der Waals surface area contributed by atoms with Gasteiger partial charge in [-0.1, -0.05) is 18.6 Å². The van der Waals surface area contributed by atoms with Crippen molar-refractivity contribution >= 4 is 17.7 Å². The molecule has 0 atom stereocenters. The molecule has 2 aliphatic rings. The molecule has 6 heteroatoms. The Hall–Kier alpha value is -1.79. The molecule has 1 aromatic heterocycles. The number of likely N-dealkylation sites (N-methyl/N-ethyl adjacent to an activating group) is 1. The Bertz CT molecular complexity index is 821. The lowest BCUT2D eigenvalue weighted by atomic mass is 10.0. The van der Waals surface area contributed by atoms with Crippen LogP contribution in [0.5, 0.6) is 0 Å². The number of nitrogens with zero attached hydrogens (tertiary/aromatic N) is 4. The number of benzene rings is 1. The highest BCUT2D eigenvalue weighted by molar-refractivity contribution is 7.98. The Balaban J connectivity index is 1.68. The van der Waals surface area contributed by atoms with E-state index in [2.05, 4.69) is 42.0 Å². The first-order chi connectivity index (χ1) is 12.1. The van der Waals surface area contributed by atoms with E-state index in [-0.39, 0.29) is 5.91 Å². The molecule has 1 aromatic carbocycles. The van der Waals surface area contributed by atoms with Gasteiger partial charge in [0, 0.05) is 55.0 Å². The third-order valence-electron chi connectivity index (χ3n) is 5.22. The standard InChI is InChI=1S/C19H24N4OS/c1-4-22-7-9-23(10-8-22)19(24)17-15-12-25-16-6-5-13(2)11-14(16)18(15)21(3)20-17/h5-6,11H,4,7-10,12H2,1-3H3. The van der Waals surface area contributed by atoms with E-state index < -0.39 is 0 Å². The SMILES string of the molecule is CCN1CCN(C(=O)c2nn(C)c3c2CSc2ccc(C)cc2-3)CC1. The number of aromatic nitrogens is 2. The average molecular weight is 356 g/mol. The Kier molecular flexibility index (Phi) is 4.33. The van der Waals surface area contributed by atoms with Crippen molar-refractivity contribution in [2.45, 2.75) is 24.5 Å². The number of hydrogen-bond acceptors (Lipinski definition) is 4. The average Bonchev–Trinajstić information content (AvgIpc) is 2.98. The van der Waals surface area contributed by atoms with Gasteiger partial charge in [-0.15, -0.1) is 11.8 Å². The number of hydrogen-bond donors (Lipinski definition) is 0. The molecule has 5 nitrogen and oxygen atoms in total. The van der Waals surface area contributed by atoms with E-state index in [1.54, 1.807) is 11.8 Å². The minimum absolute atomic E-state index is 0.0873. The van der Waals surface area contributed by atoms with Crippen molar-refractivity contribution in [3.63, 3.8) is 0 Å². The van der Waals surface area contributed by atoms with Crippen LogP contribution in [0.2, 0.25) is 0 Å². The summed E-state index contributed by atoms with van der Waals surface area (Å²) in [6.07, 6.45) is 0. The van der Waals surface area contributed by atoms with Crippen molar-refractivity contribution in [3.05, 3.63) is 35.0 Å². The van der Waals surface area contributed by atoms with Crippen LogP contribution in [-0.2, 0) is 12.8 Å². The van der Waals surface area contributed by atoms with Gasteiger partial charge in [0.2, 0.25) is 0 Å². The van der Waals surface area contributed by atoms with E-state index in [1.165, 1.54) is 16.0 Å². The Morgan fingerprint density at radius 2 is 2.00 bits per heavy atom. The molecule has 0 spiro atoms. The molecule has 132 valence electrons. The maximum absolute atomic E-state index is 13.1. The van der Waals surface area contributed by atoms with Crippen LogP contribution in [0.15, 0.2) is 23.1 Å². The summed E-state index contributed by atoms with van der Waals surface area (Å²) in [4.78, 5) is 18.7. The quantitative estimate of drug-likeness (QED) is 0.830. The number of carbonyl (C=O) groups is 1. The highest BCUT2D eigenvalue weighted by Gasteiger charge is 2.31. The van der Waals surface area contributed by atoms with Crippen molar-refractivity contribution in [1.29, 1.82) is 0 Å². The Morgan fingerprint density at radius 3 is 2.72 bits per heavy atom. The van der Waals surface area contributed by atoms with E-state index in [1.807, 2.05) is 16.6 Å². The van der Waals surface area contributed by atoms with Crippen molar-refractivity contribution in [3.8, 4) is 11.3 Å². The monoisotopic (exact) mass is 356 g/mol. The van der Waals surface area contributed by atoms with Crippen molar-refractivity contribution < 1.29 is 4.79 Å². The highest BCUT2D eigenvalue weighted by Crippen LogP contribution is 2.43. The lowest BCUT2D eigenvalue weighted by molar-refractivity contribution is 0.0636. The summed E-state index contributed by atoms with van der Waals surface area (Å²) in [7, 11) is 1.95. The molecule has 2 aliphatic heterocycles. The molecule has 25 heavy (non-hydrogen) atoms. The summed E-state index contributed by atoms with van der Waals surface area (Å²) in [5.41, 5.74) is 5.27. The number of carbonyl (C=O) groups excluding carboxylic acids is 1. The van der Waals surface area contributed by atoms with Gasteiger partial charge in [-0.05, 0) is 25.6 Å². The molecule has 0 bridgehead atoms. The molecule has 0 saturated carbocycles. The third-order valence-corrected chi connectivity index (χ3v) is 6.32. The molecule has 3 heterocycles. The second kappa shape index (κ2) is 6.50. The first-order valence-corrected chi connectivity index (χ1v) is 9.88. The van der Waals surface area contributed by atoms with Crippen LogP contribution < -0.4 is 0 Å². The van der Waals surface area contributed by atoms with Crippen LogP contribution in [0.25, 0.3) is 11.3 Å². The number of aryl methyl sites for hydroxylation is 2. The van der Waals surface area contributed by atoms with Gasteiger partial charge < -0.3 is 9.80 Å². The van der Waals surface area contributed by atoms with Gasteiger partial charge >= 0.3 is 0 Å². The van der Waals surface area contributed by atoms with Gasteiger partial charge in [0.1, 0.15) is 0 Å². The fraction of sp³-hybridized carbons (Fsp3) is 0.474. The summed E-state index contributed by atoms with van der Waals surface area (Å²) in [6, 6.07) is 6.53. The third kappa shape index (κ3) is 2.87. The first-order valence-electron chi connectivity index (χ1n) is 8.89. The van der Waals surface area contributed by atoms with Gasteiger partial charge in [-0.25, -0.2) is 0 Å². The molecule has 1 amide bonds. The Labute approximate surface area is 153 Å². The number of fused-ring (bicyclic) bond motifs is 3. The lowest BCUT2D eigenvalue weighted by Gasteiger charge is -2.33. The minimum Gasteiger partial charge on any atom is -0.335 e. The molecule has 2 aromatic rings. The van der Waals surface area contributed by atoms with Crippen LogP contribution in [0.3, 0.4) is 0 Å². The topological polar surface area (TPSA) is 41.4 Å². The second-order valence-corrected chi connectivity index (χ2v) is 7.83. The van der Waals surface area contributed by atoms with Crippen molar-refractivity contribution in [2.75, 3.05) is 32.7 Å². The molecule has 0 radical (unpaired) electrons. The molecule has 0 aliphatic carbocycles. The fourth-order valence-corrected chi connectivity index (χ4v) is 4.78. The summed E-state index contributed by atoms with van der Waals surface area (Å²) in [5.74, 6) is 0.902. The molecule has 1 saturated heterocycles. The van der Waals surface area contributed by atoms with Crippen molar-refractivity contribution in [1.82, 2.24) is 19.6 Å². The summed E-state index contributed by atoms with van der Waals surface area (Å²) < 4.78 is 1.89. The van der Waals surface area contributed by atoms with Crippen LogP contribution >= 0.6 is 11.8 Å². The largest absolute Gasteiger partial charge is 0.335 e. The molecular weight excluding hydrogens is 332 g/mol. The van der Waals surface area contributed by atoms with E-state index in [0.29, 0.717) is 5.69 Å². The van der Waals surface area contributed by atoms with Crippen LogP contribution in [0.1, 0.15) is 28.5 Å². The number of amides is 1. The lowest BCUT2D eigenvalue weighted by Crippen LogP contribution is -2.48. The van der Waals surface area contributed by atoms with E-state index in [9.17, 15) is 4.79 Å². The zero-order valence-corrected chi connectivity index (χ0v) is 15.9. The van der Waals surface area contributed by atoms with Gasteiger partial charge in [0.25, 0.3) is 5.91 Å². The smallest absolute Gasteiger partial charge is 0.274 e. The number of piperazine rings is 1. The summed E-state index contributed by atoms with van der Waals surface area (Å²) in [6.45, 7) is 8.82. The van der Waals surface area contributed by atoms with Crippen LogP contribution in [0.4, 0.5) is 0 Å². The van der Waals surface area contributed by atoms with E-state index in [0.717, 1.165) is 49.7 Å². The van der Waals surface area contributed by atoms with Crippen molar-refractivity contribution in [2.24, 2.45) is 7.05 Å². The number of thioether (sulfide) groups is 1. The molecule has 1 fully saturated rings. The maximum Gasteiger partial charge on any atom is 0.274 e. The number of rotatable bonds is 2. The zero-order chi connectivity index (χ0) is 17.6. The minimum atomic E-state index is 0.0873.